The van der Waals surface area contributed by atoms with Crippen LogP contribution in [0.3, 0.4) is 0 Å². The highest BCUT2D eigenvalue weighted by Gasteiger charge is 2.06. The van der Waals surface area contributed by atoms with Crippen LogP contribution in [0.25, 0.3) is 0 Å². The van der Waals surface area contributed by atoms with Crippen LogP contribution in [0.15, 0.2) is 22.5 Å². The molecule has 1 rings (SSSR count). The number of nitrogens with zero attached hydrogens (tertiary/aromatic N) is 1. The van der Waals surface area contributed by atoms with Crippen LogP contribution in [0.4, 0.5) is 0 Å². The first kappa shape index (κ1) is 18.0. The molecule has 0 spiro atoms. The summed E-state index contributed by atoms with van der Waals surface area (Å²) in [5.74, 6) is 1.25. The van der Waals surface area contributed by atoms with Gasteiger partial charge in [-0.3, -0.25) is 4.99 Å². The lowest BCUT2D eigenvalue weighted by Crippen LogP contribution is -2.39. The minimum atomic E-state index is -2.94. The molecule has 0 saturated heterocycles. The first-order valence-electron chi connectivity index (χ1n) is 7.13. The van der Waals surface area contributed by atoms with Gasteiger partial charge in [-0.15, -0.1) is 11.3 Å². The van der Waals surface area contributed by atoms with Crippen molar-refractivity contribution in [3.05, 3.63) is 22.4 Å². The molecule has 7 heteroatoms. The summed E-state index contributed by atoms with van der Waals surface area (Å²) in [7, 11) is -2.94. The smallest absolute Gasteiger partial charge is 0.191 e. The molecule has 1 unspecified atom stereocenters. The van der Waals surface area contributed by atoms with E-state index < -0.39 is 9.84 Å². The Morgan fingerprint density at radius 2 is 2.19 bits per heavy atom. The summed E-state index contributed by atoms with van der Waals surface area (Å²) in [6.45, 7) is 6.01. The molecule has 0 amide bonds. The van der Waals surface area contributed by atoms with Gasteiger partial charge in [0.05, 0.1) is 5.75 Å². The summed E-state index contributed by atoms with van der Waals surface area (Å²) >= 11 is 1.77. The average molecular weight is 332 g/mol. The highest BCUT2D eigenvalue weighted by molar-refractivity contribution is 7.90. The lowest BCUT2D eigenvalue weighted by atomic mass is 10.1. The molecule has 0 aliphatic carbocycles. The van der Waals surface area contributed by atoms with Crippen molar-refractivity contribution in [2.75, 3.05) is 31.6 Å². The number of aliphatic imine (C=N–C) groups is 1. The topological polar surface area (TPSA) is 70.6 Å². The SMILES string of the molecule is CCNC(=NCC(C)Cc1cccs1)NCCS(C)(=O)=O. The number of hydrogen-bond donors (Lipinski definition) is 2. The molecule has 1 atom stereocenters. The van der Waals surface area contributed by atoms with Gasteiger partial charge >= 0.3 is 0 Å². The van der Waals surface area contributed by atoms with Gasteiger partial charge in [0.25, 0.3) is 0 Å². The molecule has 21 heavy (non-hydrogen) atoms. The van der Waals surface area contributed by atoms with E-state index in [4.69, 9.17) is 0 Å². The second kappa shape index (κ2) is 9.04. The monoisotopic (exact) mass is 331 g/mol. The number of sulfone groups is 1. The predicted molar refractivity (Wildman–Crippen MR) is 90.9 cm³/mol. The van der Waals surface area contributed by atoms with Crippen molar-refractivity contribution >= 4 is 27.1 Å². The second-order valence-corrected chi connectivity index (χ2v) is 8.46. The molecule has 2 N–H and O–H groups in total. The van der Waals surface area contributed by atoms with Crippen LogP contribution in [-0.4, -0.2) is 46.0 Å². The van der Waals surface area contributed by atoms with Gasteiger partial charge in [0.2, 0.25) is 0 Å². The van der Waals surface area contributed by atoms with Crippen LogP contribution in [-0.2, 0) is 16.3 Å². The minimum absolute atomic E-state index is 0.113. The van der Waals surface area contributed by atoms with Gasteiger partial charge in [0, 0.05) is 30.8 Å². The Labute approximate surface area is 131 Å². The van der Waals surface area contributed by atoms with Gasteiger partial charge in [-0.05, 0) is 30.7 Å². The van der Waals surface area contributed by atoms with E-state index in [1.54, 1.807) is 11.3 Å². The van der Waals surface area contributed by atoms with E-state index in [1.165, 1.54) is 11.1 Å². The molecule has 0 aromatic carbocycles. The Balaban J connectivity index is 2.42. The van der Waals surface area contributed by atoms with Gasteiger partial charge in [-0.25, -0.2) is 8.42 Å². The third-order valence-electron chi connectivity index (χ3n) is 2.80. The van der Waals surface area contributed by atoms with Crippen LogP contribution in [0.1, 0.15) is 18.7 Å². The summed E-state index contributed by atoms with van der Waals surface area (Å²) in [4.78, 5) is 5.89. The standard InChI is InChI=1S/C14H25N3O2S2/c1-4-15-14(16-7-9-21(3,18)19)17-11-12(2)10-13-6-5-8-20-13/h5-6,8,12H,4,7,9-11H2,1-3H3,(H2,15,16,17). The molecule has 0 aliphatic rings. The van der Waals surface area contributed by atoms with E-state index in [0.29, 0.717) is 25.0 Å². The first-order valence-corrected chi connectivity index (χ1v) is 10.1. The molecule has 0 bridgehead atoms. The van der Waals surface area contributed by atoms with E-state index in [-0.39, 0.29) is 5.75 Å². The van der Waals surface area contributed by atoms with Crippen molar-refractivity contribution < 1.29 is 8.42 Å². The van der Waals surface area contributed by atoms with Crippen LogP contribution >= 0.6 is 11.3 Å². The fraction of sp³-hybridized carbons (Fsp3) is 0.643. The van der Waals surface area contributed by atoms with Crippen LogP contribution in [0.2, 0.25) is 0 Å². The molecule has 1 aromatic rings. The van der Waals surface area contributed by atoms with Crippen molar-refractivity contribution in [2.24, 2.45) is 10.9 Å². The average Bonchev–Trinajstić information content (AvgIpc) is 2.87. The molecular weight excluding hydrogens is 306 g/mol. The highest BCUT2D eigenvalue weighted by Crippen LogP contribution is 2.14. The zero-order valence-corrected chi connectivity index (χ0v) is 14.6. The van der Waals surface area contributed by atoms with Crippen LogP contribution < -0.4 is 10.6 Å². The molecule has 1 heterocycles. The highest BCUT2D eigenvalue weighted by atomic mass is 32.2. The van der Waals surface area contributed by atoms with Crippen LogP contribution in [0.5, 0.6) is 0 Å². The third kappa shape index (κ3) is 8.72. The van der Waals surface area contributed by atoms with Crippen molar-refractivity contribution in [3.8, 4) is 0 Å². The van der Waals surface area contributed by atoms with Crippen molar-refractivity contribution in [3.63, 3.8) is 0 Å². The van der Waals surface area contributed by atoms with E-state index in [2.05, 4.69) is 40.1 Å². The Hall–Kier alpha value is -1.08. The number of thiophene rings is 1. The lowest BCUT2D eigenvalue weighted by Gasteiger charge is -2.12. The normalized spacial score (nSPS) is 14.0. The van der Waals surface area contributed by atoms with Gasteiger partial charge < -0.3 is 10.6 Å². The number of nitrogens with one attached hydrogen (secondary N) is 2. The number of guanidine groups is 1. The summed E-state index contributed by atoms with van der Waals surface area (Å²) in [6.07, 6.45) is 2.26. The Morgan fingerprint density at radius 3 is 2.76 bits per heavy atom. The van der Waals surface area contributed by atoms with Gasteiger partial charge in [-0.2, -0.15) is 0 Å². The molecule has 5 nitrogen and oxygen atoms in total. The van der Waals surface area contributed by atoms with Gasteiger partial charge in [-0.1, -0.05) is 13.0 Å². The number of hydrogen-bond acceptors (Lipinski definition) is 4. The van der Waals surface area contributed by atoms with Gasteiger partial charge in [0.15, 0.2) is 5.96 Å². The third-order valence-corrected chi connectivity index (χ3v) is 4.64. The fourth-order valence-electron chi connectivity index (χ4n) is 1.78. The zero-order chi connectivity index (χ0) is 15.7. The van der Waals surface area contributed by atoms with E-state index in [1.807, 2.05) is 6.92 Å². The molecule has 1 aromatic heterocycles. The van der Waals surface area contributed by atoms with Crippen molar-refractivity contribution in [1.29, 1.82) is 0 Å². The minimum Gasteiger partial charge on any atom is -0.357 e. The Morgan fingerprint density at radius 1 is 1.43 bits per heavy atom. The zero-order valence-electron chi connectivity index (χ0n) is 12.9. The van der Waals surface area contributed by atoms with Crippen molar-refractivity contribution in [2.45, 2.75) is 20.3 Å². The van der Waals surface area contributed by atoms with E-state index in [0.717, 1.165) is 13.0 Å². The van der Waals surface area contributed by atoms with E-state index >= 15 is 0 Å². The molecule has 0 saturated carbocycles. The van der Waals surface area contributed by atoms with Crippen molar-refractivity contribution in [1.82, 2.24) is 10.6 Å². The first-order chi connectivity index (χ1) is 9.90. The summed E-state index contributed by atoms with van der Waals surface area (Å²) < 4.78 is 22.2. The maximum atomic E-state index is 11.1. The molecule has 120 valence electrons. The van der Waals surface area contributed by atoms with E-state index in [9.17, 15) is 8.42 Å². The lowest BCUT2D eigenvalue weighted by molar-refractivity contribution is 0.593. The summed E-state index contributed by atoms with van der Waals surface area (Å²) in [5, 5.41) is 8.27. The predicted octanol–water partition coefficient (Wildman–Crippen LogP) is 1.53. The molecule has 0 aliphatic heterocycles. The fourth-order valence-corrected chi connectivity index (χ4v) is 3.12. The quantitative estimate of drug-likeness (QED) is 0.560. The maximum absolute atomic E-state index is 11.1. The molecular formula is C14H25N3O2S2. The van der Waals surface area contributed by atoms with Crippen LogP contribution in [0, 0.1) is 5.92 Å². The molecule has 0 radical (unpaired) electrons. The number of rotatable bonds is 8. The van der Waals surface area contributed by atoms with Gasteiger partial charge in [0.1, 0.15) is 9.84 Å². The Bertz CT molecular complexity index is 524. The summed E-state index contributed by atoms with van der Waals surface area (Å²) in [6, 6.07) is 4.20. The summed E-state index contributed by atoms with van der Waals surface area (Å²) in [5.41, 5.74) is 0. The maximum Gasteiger partial charge on any atom is 0.191 e. The Kier molecular flexibility index (Phi) is 7.74. The second-order valence-electron chi connectivity index (χ2n) is 5.16. The largest absolute Gasteiger partial charge is 0.357 e. The molecule has 0 fully saturated rings.